The fourth-order valence-electron chi connectivity index (χ4n) is 2.56. The fourth-order valence-corrected chi connectivity index (χ4v) is 3.36. The number of rotatable bonds is 6. The molecule has 1 saturated carbocycles. The third-order valence-electron chi connectivity index (χ3n) is 3.71. The van der Waals surface area contributed by atoms with Crippen LogP contribution in [0.2, 0.25) is 0 Å². The number of nitrogens with one attached hydrogen (secondary N) is 2. The van der Waals surface area contributed by atoms with Crippen molar-refractivity contribution in [3.8, 4) is 0 Å². The Bertz CT molecular complexity index is 468. The van der Waals surface area contributed by atoms with Gasteiger partial charge in [-0.3, -0.25) is 4.99 Å². The number of guanidine groups is 1. The van der Waals surface area contributed by atoms with E-state index in [1.807, 2.05) is 25.7 Å². The number of aliphatic imine (C=N–C) groups is 1. The van der Waals surface area contributed by atoms with Crippen molar-refractivity contribution >= 4 is 41.7 Å². The highest BCUT2D eigenvalue weighted by molar-refractivity contribution is 14.0. The lowest BCUT2D eigenvalue weighted by molar-refractivity contribution is 0.372. The molecule has 2 N–H and O–H groups in total. The van der Waals surface area contributed by atoms with Gasteiger partial charge in [-0.15, -0.1) is 24.0 Å². The lowest BCUT2D eigenvalue weighted by Gasteiger charge is -2.17. The van der Waals surface area contributed by atoms with Crippen LogP contribution in [0.15, 0.2) is 9.52 Å². The molecular weight excluding hydrogens is 413 g/mol. The smallest absolute Gasteiger partial charge is 0.226 e. The summed E-state index contributed by atoms with van der Waals surface area (Å²) in [6.45, 7) is 2.68. The molecule has 1 aromatic rings. The molecule has 1 heterocycles. The van der Waals surface area contributed by atoms with Gasteiger partial charge in [-0.1, -0.05) is 5.16 Å². The third-order valence-corrected chi connectivity index (χ3v) is 4.81. The molecule has 22 heavy (non-hydrogen) atoms. The summed E-state index contributed by atoms with van der Waals surface area (Å²) >= 11 is 1.97. The van der Waals surface area contributed by atoms with E-state index in [1.165, 1.54) is 19.3 Å². The van der Waals surface area contributed by atoms with Gasteiger partial charge in [0.25, 0.3) is 0 Å². The fraction of sp³-hybridized carbons (Fsp3) is 0.786. The van der Waals surface area contributed by atoms with Crippen LogP contribution in [0, 0.1) is 6.92 Å². The number of thioether (sulfide) groups is 1. The summed E-state index contributed by atoms with van der Waals surface area (Å²) in [6.07, 6.45) is 7.69. The van der Waals surface area contributed by atoms with Gasteiger partial charge >= 0.3 is 0 Å². The second kappa shape index (κ2) is 10.3. The predicted molar refractivity (Wildman–Crippen MR) is 102 cm³/mol. The number of halogens is 1. The Balaban J connectivity index is 0.00000242. The summed E-state index contributed by atoms with van der Waals surface area (Å²) in [4.78, 5) is 8.48. The number of aryl methyl sites for hydroxylation is 2. The molecule has 6 nitrogen and oxygen atoms in total. The average Bonchev–Trinajstić information content (AvgIpc) is 3.11. The van der Waals surface area contributed by atoms with Crippen LogP contribution in [0.4, 0.5) is 0 Å². The molecule has 8 heteroatoms. The van der Waals surface area contributed by atoms with Crippen molar-refractivity contribution in [1.82, 2.24) is 20.8 Å². The molecule has 2 rings (SSSR count). The van der Waals surface area contributed by atoms with Crippen molar-refractivity contribution in [2.45, 2.75) is 50.3 Å². The quantitative estimate of drug-likeness (QED) is 0.307. The van der Waals surface area contributed by atoms with E-state index in [4.69, 9.17) is 4.52 Å². The van der Waals surface area contributed by atoms with Crippen molar-refractivity contribution in [3.63, 3.8) is 0 Å². The summed E-state index contributed by atoms with van der Waals surface area (Å²) in [6, 6.07) is 0.548. The normalized spacial score (nSPS) is 21.5. The van der Waals surface area contributed by atoms with Crippen molar-refractivity contribution in [2.24, 2.45) is 4.99 Å². The summed E-state index contributed by atoms with van der Waals surface area (Å²) < 4.78 is 5.09. The highest BCUT2D eigenvalue weighted by Crippen LogP contribution is 2.27. The largest absolute Gasteiger partial charge is 0.356 e. The maximum Gasteiger partial charge on any atom is 0.226 e. The number of nitrogens with zero attached hydrogens (tertiary/aromatic N) is 3. The highest BCUT2D eigenvalue weighted by atomic mass is 127. The van der Waals surface area contributed by atoms with Gasteiger partial charge in [0, 0.05) is 31.3 Å². The first kappa shape index (κ1) is 19.5. The molecule has 0 aliphatic heterocycles. The van der Waals surface area contributed by atoms with Gasteiger partial charge < -0.3 is 15.2 Å². The molecule has 2 unspecified atom stereocenters. The average molecular weight is 439 g/mol. The van der Waals surface area contributed by atoms with E-state index in [2.05, 4.69) is 32.0 Å². The Morgan fingerprint density at radius 3 is 2.86 bits per heavy atom. The first-order valence-electron chi connectivity index (χ1n) is 7.50. The van der Waals surface area contributed by atoms with Gasteiger partial charge in [0.2, 0.25) is 5.89 Å². The van der Waals surface area contributed by atoms with E-state index in [-0.39, 0.29) is 24.0 Å². The highest BCUT2D eigenvalue weighted by Gasteiger charge is 2.24. The van der Waals surface area contributed by atoms with E-state index in [0.717, 1.165) is 30.6 Å². The van der Waals surface area contributed by atoms with Crippen LogP contribution in [0.25, 0.3) is 0 Å². The van der Waals surface area contributed by atoms with E-state index in [0.29, 0.717) is 17.8 Å². The Morgan fingerprint density at radius 2 is 2.27 bits per heavy atom. The maximum absolute atomic E-state index is 5.09. The zero-order valence-corrected chi connectivity index (χ0v) is 16.6. The summed E-state index contributed by atoms with van der Waals surface area (Å²) in [5.74, 6) is 2.29. The van der Waals surface area contributed by atoms with Crippen LogP contribution in [0.3, 0.4) is 0 Å². The van der Waals surface area contributed by atoms with Crippen LogP contribution in [0.5, 0.6) is 0 Å². The van der Waals surface area contributed by atoms with Crippen LogP contribution in [-0.2, 0) is 6.42 Å². The zero-order chi connectivity index (χ0) is 15.1. The lowest BCUT2D eigenvalue weighted by atomic mass is 10.2. The summed E-state index contributed by atoms with van der Waals surface area (Å²) in [5, 5.41) is 11.4. The van der Waals surface area contributed by atoms with Crippen LogP contribution < -0.4 is 10.6 Å². The molecule has 0 bridgehead atoms. The Labute approximate surface area is 153 Å². The molecule has 0 saturated heterocycles. The van der Waals surface area contributed by atoms with Crippen LogP contribution in [-0.4, -0.2) is 47.2 Å². The van der Waals surface area contributed by atoms with Crippen molar-refractivity contribution in [3.05, 3.63) is 11.7 Å². The molecular formula is C14H26IN5OS. The second-order valence-corrected chi connectivity index (χ2v) is 6.49. The van der Waals surface area contributed by atoms with E-state index < -0.39 is 0 Å². The van der Waals surface area contributed by atoms with Crippen LogP contribution in [0.1, 0.15) is 37.4 Å². The molecule has 0 spiro atoms. The van der Waals surface area contributed by atoms with Gasteiger partial charge in [0.1, 0.15) is 0 Å². The lowest BCUT2D eigenvalue weighted by Crippen LogP contribution is -2.42. The van der Waals surface area contributed by atoms with Gasteiger partial charge in [-0.25, -0.2) is 0 Å². The molecule has 1 aliphatic carbocycles. The SMILES string of the molecule is CN=C(NCCCc1nc(C)no1)NC1CCC(SC)C1.I. The zero-order valence-electron chi connectivity index (χ0n) is 13.5. The van der Waals surface area contributed by atoms with Gasteiger partial charge in [-0.2, -0.15) is 16.7 Å². The monoisotopic (exact) mass is 439 g/mol. The first-order valence-corrected chi connectivity index (χ1v) is 8.79. The van der Waals surface area contributed by atoms with Gasteiger partial charge in [-0.05, 0) is 38.9 Å². The minimum atomic E-state index is 0. The standard InChI is InChI=1S/C14H25N5OS.HI/c1-10-17-13(20-19-10)5-4-8-16-14(15-2)18-11-6-7-12(9-11)21-3;/h11-12H,4-9H2,1-3H3,(H2,15,16,18);1H. The van der Waals surface area contributed by atoms with E-state index in [1.54, 1.807) is 0 Å². The van der Waals surface area contributed by atoms with E-state index in [9.17, 15) is 0 Å². The minimum Gasteiger partial charge on any atom is -0.356 e. The second-order valence-electron chi connectivity index (χ2n) is 5.35. The van der Waals surface area contributed by atoms with E-state index >= 15 is 0 Å². The Kier molecular flexibility index (Phi) is 9.15. The summed E-state index contributed by atoms with van der Waals surface area (Å²) in [7, 11) is 1.82. The first-order chi connectivity index (χ1) is 10.2. The topological polar surface area (TPSA) is 75.3 Å². The molecule has 0 aromatic carbocycles. The molecule has 1 aliphatic rings. The summed E-state index contributed by atoms with van der Waals surface area (Å²) in [5.41, 5.74) is 0. The van der Waals surface area contributed by atoms with Crippen molar-refractivity contribution in [1.29, 1.82) is 0 Å². The molecule has 0 radical (unpaired) electrons. The number of hydrogen-bond donors (Lipinski definition) is 2. The third kappa shape index (κ3) is 6.31. The maximum atomic E-state index is 5.09. The minimum absolute atomic E-state index is 0. The molecule has 1 aromatic heterocycles. The number of aromatic nitrogens is 2. The molecule has 2 atom stereocenters. The molecule has 1 fully saturated rings. The van der Waals surface area contributed by atoms with Crippen molar-refractivity contribution in [2.75, 3.05) is 19.8 Å². The Morgan fingerprint density at radius 1 is 1.45 bits per heavy atom. The Hall–Kier alpha value is -0.510. The predicted octanol–water partition coefficient (Wildman–Crippen LogP) is 2.38. The van der Waals surface area contributed by atoms with Crippen molar-refractivity contribution < 1.29 is 4.52 Å². The van der Waals surface area contributed by atoms with Gasteiger partial charge in [0.05, 0.1) is 0 Å². The molecule has 0 amide bonds. The molecule has 126 valence electrons. The van der Waals surface area contributed by atoms with Crippen LogP contribution >= 0.6 is 35.7 Å². The number of hydrogen-bond acceptors (Lipinski definition) is 5. The van der Waals surface area contributed by atoms with Gasteiger partial charge in [0.15, 0.2) is 11.8 Å².